The maximum Gasteiger partial charge on any atom is 0.182 e. The molecule has 0 aliphatic carbocycles. The molecule has 4 nitrogen and oxygen atoms in total. The predicted molar refractivity (Wildman–Crippen MR) is 96.3 cm³/mol. The second kappa shape index (κ2) is 5.91. The SMILES string of the molecule is N#Cc1ccc(-c2cccc(Br)c2)n2nc(-c3ccccc3)nc12. The van der Waals surface area contributed by atoms with Gasteiger partial charge in [-0.1, -0.05) is 58.4 Å². The summed E-state index contributed by atoms with van der Waals surface area (Å²) in [6.45, 7) is 0. The summed E-state index contributed by atoms with van der Waals surface area (Å²) in [6.07, 6.45) is 0. The van der Waals surface area contributed by atoms with Crippen molar-refractivity contribution in [3.8, 4) is 28.7 Å². The van der Waals surface area contributed by atoms with Crippen molar-refractivity contribution in [2.45, 2.75) is 0 Å². The average molecular weight is 375 g/mol. The highest BCUT2D eigenvalue weighted by atomic mass is 79.9. The summed E-state index contributed by atoms with van der Waals surface area (Å²) >= 11 is 3.50. The zero-order valence-corrected chi connectivity index (χ0v) is 14.1. The van der Waals surface area contributed by atoms with Crippen LogP contribution < -0.4 is 0 Å². The summed E-state index contributed by atoms with van der Waals surface area (Å²) in [5.74, 6) is 0.606. The van der Waals surface area contributed by atoms with Gasteiger partial charge in [-0.2, -0.15) is 5.26 Å². The topological polar surface area (TPSA) is 54.0 Å². The van der Waals surface area contributed by atoms with Crippen LogP contribution in [0.2, 0.25) is 0 Å². The number of aromatic nitrogens is 3. The Hall–Kier alpha value is -2.97. The van der Waals surface area contributed by atoms with E-state index in [-0.39, 0.29) is 0 Å². The smallest absolute Gasteiger partial charge is 0.182 e. The second-order valence-electron chi connectivity index (χ2n) is 5.29. The molecule has 2 aromatic carbocycles. The first kappa shape index (κ1) is 14.6. The quantitative estimate of drug-likeness (QED) is 0.511. The number of rotatable bonds is 2. The van der Waals surface area contributed by atoms with Gasteiger partial charge in [0, 0.05) is 15.6 Å². The minimum atomic E-state index is 0.503. The number of nitrogens with zero attached hydrogens (tertiary/aromatic N) is 4. The first-order valence-electron chi connectivity index (χ1n) is 7.37. The predicted octanol–water partition coefficient (Wildman–Crippen LogP) is 4.70. The van der Waals surface area contributed by atoms with E-state index in [4.69, 9.17) is 0 Å². The lowest BCUT2D eigenvalue weighted by molar-refractivity contribution is 0.972. The molecule has 2 aromatic heterocycles. The van der Waals surface area contributed by atoms with Crippen LogP contribution >= 0.6 is 15.9 Å². The fourth-order valence-corrected chi connectivity index (χ4v) is 3.02. The van der Waals surface area contributed by atoms with Crippen LogP contribution in [0.1, 0.15) is 5.56 Å². The monoisotopic (exact) mass is 374 g/mol. The van der Waals surface area contributed by atoms with E-state index in [9.17, 15) is 5.26 Å². The van der Waals surface area contributed by atoms with Gasteiger partial charge in [0.2, 0.25) is 0 Å². The zero-order valence-electron chi connectivity index (χ0n) is 12.5. The van der Waals surface area contributed by atoms with E-state index >= 15 is 0 Å². The van der Waals surface area contributed by atoms with Crippen LogP contribution in [0.25, 0.3) is 28.3 Å². The molecule has 0 aliphatic rings. The zero-order chi connectivity index (χ0) is 16.5. The van der Waals surface area contributed by atoms with Crippen LogP contribution in [0.4, 0.5) is 0 Å². The Morgan fingerprint density at radius 1 is 0.917 bits per heavy atom. The summed E-state index contributed by atoms with van der Waals surface area (Å²) in [5, 5.41) is 14.0. The standard InChI is InChI=1S/C19H11BrN4/c20-16-8-4-7-14(11-16)17-10-9-15(12-21)19-22-18(23-24(17)19)13-5-2-1-3-6-13/h1-11H. The molecule has 0 fully saturated rings. The Labute approximate surface area is 147 Å². The van der Waals surface area contributed by atoms with Gasteiger partial charge in [-0.3, -0.25) is 0 Å². The van der Waals surface area contributed by atoms with E-state index < -0.39 is 0 Å². The average Bonchev–Trinajstić information content (AvgIpc) is 3.07. The molecular formula is C19H11BrN4. The number of pyridine rings is 1. The lowest BCUT2D eigenvalue weighted by atomic mass is 10.1. The van der Waals surface area contributed by atoms with Gasteiger partial charge in [0.1, 0.15) is 6.07 Å². The van der Waals surface area contributed by atoms with Crippen molar-refractivity contribution in [2.24, 2.45) is 0 Å². The lowest BCUT2D eigenvalue weighted by Crippen LogP contribution is -1.96. The van der Waals surface area contributed by atoms with E-state index in [0.29, 0.717) is 17.0 Å². The second-order valence-corrected chi connectivity index (χ2v) is 6.21. The minimum absolute atomic E-state index is 0.503. The summed E-state index contributed by atoms with van der Waals surface area (Å²) in [5.41, 5.74) is 3.88. The fraction of sp³-hybridized carbons (Fsp3) is 0. The van der Waals surface area contributed by atoms with Crippen molar-refractivity contribution in [2.75, 3.05) is 0 Å². The van der Waals surface area contributed by atoms with Gasteiger partial charge in [-0.15, -0.1) is 5.10 Å². The number of benzene rings is 2. The van der Waals surface area contributed by atoms with Crippen LogP contribution in [0.5, 0.6) is 0 Å². The molecule has 0 N–H and O–H groups in total. The first-order valence-corrected chi connectivity index (χ1v) is 8.17. The lowest BCUT2D eigenvalue weighted by Gasteiger charge is -2.05. The molecule has 0 amide bonds. The Morgan fingerprint density at radius 2 is 1.71 bits per heavy atom. The molecule has 4 rings (SSSR count). The fourth-order valence-electron chi connectivity index (χ4n) is 2.62. The number of hydrogen-bond donors (Lipinski definition) is 0. The molecule has 0 spiro atoms. The number of nitriles is 1. The van der Waals surface area contributed by atoms with E-state index in [1.807, 2.05) is 60.7 Å². The van der Waals surface area contributed by atoms with Crippen LogP contribution in [0.3, 0.4) is 0 Å². The van der Waals surface area contributed by atoms with Crippen LogP contribution in [0.15, 0.2) is 71.2 Å². The Bertz CT molecular complexity index is 1080. The third-order valence-corrected chi connectivity index (χ3v) is 4.25. The van der Waals surface area contributed by atoms with Crippen LogP contribution in [0, 0.1) is 11.3 Å². The molecule has 0 unspecified atom stereocenters. The van der Waals surface area contributed by atoms with E-state index in [1.54, 1.807) is 10.6 Å². The number of fused-ring (bicyclic) bond motifs is 1. The molecule has 5 heteroatoms. The third-order valence-electron chi connectivity index (χ3n) is 3.76. The van der Waals surface area contributed by atoms with Gasteiger partial charge in [0.25, 0.3) is 0 Å². The van der Waals surface area contributed by atoms with Crippen molar-refractivity contribution in [1.82, 2.24) is 14.6 Å². The Balaban J connectivity index is 2.00. The van der Waals surface area contributed by atoms with Crippen molar-refractivity contribution in [1.29, 1.82) is 5.26 Å². The Kier molecular flexibility index (Phi) is 3.60. The molecule has 0 saturated carbocycles. The highest BCUT2D eigenvalue weighted by Crippen LogP contribution is 2.26. The highest BCUT2D eigenvalue weighted by molar-refractivity contribution is 9.10. The molecular weight excluding hydrogens is 364 g/mol. The van der Waals surface area contributed by atoms with Crippen LogP contribution in [-0.4, -0.2) is 14.6 Å². The van der Waals surface area contributed by atoms with E-state index in [1.165, 1.54) is 0 Å². The number of halogens is 1. The van der Waals surface area contributed by atoms with Gasteiger partial charge in [0.05, 0.1) is 11.3 Å². The maximum absolute atomic E-state index is 9.38. The summed E-state index contributed by atoms with van der Waals surface area (Å²) in [7, 11) is 0. The molecule has 24 heavy (non-hydrogen) atoms. The molecule has 2 heterocycles. The largest absolute Gasteiger partial charge is 0.211 e. The van der Waals surface area contributed by atoms with Crippen LogP contribution in [-0.2, 0) is 0 Å². The highest BCUT2D eigenvalue weighted by Gasteiger charge is 2.14. The molecule has 0 atom stereocenters. The van der Waals surface area contributed by atoms with Crippen molar-refractivity contribution < 1.29 is 0 Å². The maximum atomic E-state index is 9.38. The Morgan fingerprint density at radius 3 is 2.46 bits per heavy atom. The van der Waals surface area contributed by atoms with Gasteiger partial charge in [-0.25, -0.2) is 9.50 Å². The normalized spacial score (nSPS) is 10.7. The molecule has 0 aliphatic heterocycles. The molecule has 0 radical (unpaired) electrons. The van der Waals surface area contributed by atoms with Gasteiger partial charge in [-0.05, 0) is 24.3 Å². The van der Waals surface area contributed by atoms with Gasteiger partial charge in [0.15, 0.2) is 11.5 Å². The number of hydrogen-bond acceptors (Lipinski definition) is 3. The van der Waals surface area contributed by atoms with Crippen molar-refractivity contribution in [3.63, 3.8) is 0 Å². The summed E-state index contributed by atoms with van der Waals surface area (Å²) in [6, 6.07) is 23.6. The molecule has 4 aromatic rings. The van der Waals surface area contributed by atoms with E-state index in [0.717, 1.165) is 21.3 Å². The molecule has 114 valence electrons. The summed E-state index contributed by atoms with van der Waals surface area (Å²) < 4.78 is 2.73. The van der Waals surface area contributed by atoms with Gasteiger partial charge >= 0.3 is 0 Å². The van der Waals surface area contributed by atoms with Crippen molar-refractivity contribution >= 4 is 21.6 Å². The minimum Gasteiger partial charge on any atom is -0.211 e. The van der Waals surface area contributed by atoms with E-state index in [2.05, 4.69) is 32.1 Å². The molecule has 0 saturated heterocycles. The van der Waals surface area contributed by atoms with Gasteiger partial charge < -0.3 is 0 Å². The summed E-state index contributed by atoms with van der Waals surface area (Å²) in [4.78, 5) is 4.58. The molecule has 0 bridgehead atoms. The third kappa shape index (κ3) is 2.47. The van der Waals surface area contributed by atoms with Crippen molar-refractivity contribution in [3.05, 3.63) is 76.8 Å². The first-order chi connectivity index (χ1) is 11.8.